The normalized spacial score (nSPS) is 47.4. The third-order valence-electron chi connectivity index (χ3n) is 7.00. The Hall–Kier alpha value is -0.690. The minimum atomic E-state index is 0.239. The SMILES string of the molecule is CC1(C)C2[C@H](N=[N+]=[N-])CCC(C)(C)[C@]23CC[C@H]1C3. The van der Waals surface area contributed by atoms with Crippen LogP contribution >= 0.6 is 0 Å². The van der Waals surface area contributed by atoms with Crippen molar-refractivity contribution >= 4 is 0 Å². The molecular formula is C15H25N3. The van der Waals surface area contributed by atoms with Crippen molar-refractivity contribution in [2.75, 3.05) is 0 Å². The maximum Gasteiger partial charge on any atom is 0.0413 e. The van der Waals surface area contributed by atoms with Crippen LogP contribution in [0.1, 0.15) is 59.8 Å². The number of hydrogen-bond acceptors (Lipinski definition) is 1. The van der Waals surface area contributed by atoms with Gasteiger partial charge < -0.3 is 0 Å². The van der Waals surface area contributed by atoms with Gasteiger partial charge in [0.05, 0.1) is 0 Å². The van der Waals surface area contributed by atoms with E-state index in [0.29, 0.717) is 22.2 Å². The van der Waals surface area contributed by atoms with E-state index < -0.39 is 0 Å². The zero-order chi connectivity index (χ0) is 13.2. The zero-order valence-electron chi connectivity index (χ0n) is 12.1. The van der Waals surface area contributed by atoms with Crippen molar-refractivity contribution in [2.24, 2.45) is 33.2 Å². The Morgan fingerprint density at radius 2 is 1.83 bits per heavy atom. The largest absolute Gasteiger partial charge is 0.0903 e. The van der Waals surface area contributed by atoms with Gasteiger partial charge >= 0.3 is 0 Å². The lowest BCUT2D eigenvalue weighted by molar-refractivity contribution is -0.0764. The molecule has 0 aromatic carbocycles. The summed E-state index contributed by atoms with van der Waals surface area (Å²) in [6, 6.07) is 0.239. The van der Waals surface area contributed by atoms with E-state index in [4.69, 9.17) is 5.53 Å². The minimum absolute atomic E-state index is 0.239. The Bertz CT molecular complexity index is 419. The van der Waals surface area contributed by atoms with Gasteiger partial charge in [0.25, 0.3) is 0 Å². The van der Waals surface area contributed by atoms with Crippen LogP contribution < -0.4 is 0 Å². The fourth-order valence-electron chi connectivity index (χ4n) is 5.97. The average molecular weight is 247 g/mol. The number of fused-ring (bicyclic) bond motifs is 1. The molecule has 18 heavy (non-hydrogen) atoms. The molecule has 3 heteroatoms. The van der Waals surface area contributed by atoms with Crippen LogP contribution in [-0.2, 0) is 0 Å². The molecule has 0 heterocycles. The summed E-state index contributed by atoms with van der Waals surface area (Å²) >= 11 is 0. The third kappa shape index (κ3) is 1.24. The highest BCUT2D eigenvalue weighted by atomic mass is 15.2. The molecule has 1 spiro atoms. The summed E-state index contributed by atoms with van der Waals surface area (Å²) in [7, 11) is 0. The van der Waals surface area contributed by atoms with E-state index in [1.807, 2.05) is 0 Å². The molecule has 4 atom stereocenters. The van der Waals surface area contributed by atoms with Gasteiger partial charge in [-0.05, 0) is 65.7 Å². The Labute approximate surface area is 110 Å². The lowest BCUT2D eigenvalue weighted by Crippen LogP contribution is -2.53. The van der Waals surface area contributed by atoms with Crippen molar-refractivity contribution in [1.82, 2.24) is 0 Å². The molecule has 100 valence electrons. The number of azide groups is 1. The molecule has 3 rings (SSSR count). The van der Waals surface area contributed by atoms with E-state index in [0.717, 1.165) is 12.3 Å². The van der Waals surface area contributed by atoms with Crippen LogP contribution in [0, 0.1) is 28.1 Å². The predicted octanol–water partition coefficient (Wildman–Crippen LogP) is 4.93. The quantitative estimate of drug-likeness (QED) is 0.358. The van der Waals surface area contributed by atoms with Crippen LogP contribution in [0.15, 0.2) is 5.11 Å². The van der Waals surface area contributed by atoms with Gasteiger partial charge in [0, 0.05) is 11.0 Å². The van der Waals surface area contributed by atoms with Crippen LogP contribution in [0.5, 0.6) is 0 Å². The summed E-state index contributed by atoms with van der Waals surface area (Å²) in [4.78, 5) is 3.14. The summed E-state index contributed by atoms with van der Waals surface area (Å²) in [5, 5.41) is 4.18. The number of hydrogen-bond donors (Lipinski definition) is 0. The van der Waals surface area contributed by atoms with Crippen LogP contribution in [0.4, 0.5) is 0 Å². The highest BCUT2D eigenvalue weighted by Gasteiger charge is 2.69. The second kappa shape index (κ2) is 3.45. The fourth-order valence-corrected chi connectivity index (χ4v) is 5.97. The first kappa shape index (κ1) is 12.3. The van der Waals surface area contributed by atoms with E-state index >= 15 is 0 Å². The minimum Gasteiger partial charge on any atom is -0.0903 e. The molecule has 0 aromatic heterocycles. The van der Waals surface area contributed by atoms with Gasteiger partial charge in [-0.1, -0.05) is 32.8 Å². The van der Waals surface area contributed by atoms with Crippen molar-refractivity contribution in [1.29, 1.82) is 0 Å². The maximum absolute atomic E-state index is 8.86. The molecule has 0 radical (unpaired) electrons. The molecule has 0 aromatic rings. The summed E-state index contributed by atoms with van der Waals surface area (Å²) in [5.41, 5.74) is 10.1. The molecule has 3 fully saturated rings. The molecule has 3 saturated carbocycles. The summed E-state index contributed by atoms with van der Waals surface area (Å²) in [6.45, 7) is 9.75. The topological polar surface area (TPSA) is 48.8 Å². The van der Waals surface area contributed by atoms with E-state index in [2.05, 4.69) is 37.7 Å². The lowest BCUT2D eigenvalue weighted by atomic mass is 9.48. The smallest absolute Gasteiger partial charge is 0.0413 e. The molecule has 3 aliphatic rings. The van der Waals surface area contributed by atoms with Crippen LogP contribution in [-0.4, -0.2) is 6.04 Å². The fraction of sp³-hybridized carbons (Fsp3) is 1.00. The summed E-state index contributed by atoms with van der Waals surface area (Å²) in [6.07, 6.45) is 6.41. The Kier molecular flexibility index (Phi) is 2.36. The molecule has 2 bridgehead atoms. The molecule has 0 N–H and O–H groups in total. The molecule has 1 unspecified atom stereocenters. The van der Waals surface area contributed by atoms with Crippen molar-refractivity contribution in [3.63, 3.8) is 0 Å². The van der Waals surface area contributed by atoms with Crippen molar-refractivity contribution in [3.8, 4) is 0 Å². The maximum atomic E-state index is 8.86. The van der Waals surface area contributed by atoms with Crippen LogP contribution in [0.25, 0.3) is 10.4 Å². The highest BCUT2D eigenvalue weighted by Crippen LogP contribution is 2.75. The molecule has 3 aliphatic carbocycles. The van der Waals surface area contributed by atoms with E-state index in [1.54, 1.807) is 0 Å². The monoisotopic (exact) mass is 247 g/mol. The van der Waals surface area contributed by atoms with Gasteiger partial charge in [-0.2, -0.15) is 0 Å². The summed E-state index contributed by atoms with van der Waals surface area (Å²) in [5.74, 6) is 1.44. The number of nitrogens with zero attached hydrogens (tertiary/aromatic N) is 3. The first-order valence-corrected chi connectivity index (χ1v) is 7.39. The molecular weight excluding hydrogens is 222 g/mol. The Morgan fingerprint density at radius 1 is 1.11 bits per heavy atom. The first-order chi connectivity index (χ1) is 8.35. The van der Waals surface area contributed by atoms with Crippen molar-refractivity contribution in [3.05, 3.63) is 10.4 Å². The van der Waals surface area contributed by atoms with Gasteiger partial charge in [-0.15, -0.1) is 0 Å². The molecule has 3 nitrogen and oxygen atoms in total. The van der Waals surface area contributed by atoms with Gasteiger partial charge in [-0.25, -0.2) is 0 Å². The van der Waals surface area contributed by atoms with Crippen molar-refractivity contribution < 1.29 is 0 Å². The van der Waals surface area contributed by atoms with Crippen LogP contribution in [0.3, 0.4) is 0 Å². The van der Waals surface area contributed by atoms with Gasteiger partial charge in [0.15, 0.2) is 0 Å². The van der Waals surface area contributed by atoms with Gasteiger partial charge in [0.1, 0.15) is 0 Å². The number of rotatable bonds is 1. The predicted molar refractivity (Wildman–Crippen MR) is 73.0 cm³/mol. The Morgan fingerprint density at radius 3 is 2.50 bits per heavy atom. The van der Waals surface area contributed by atoms with Crippen molar-refractivity contribution in [2.45, 2.75) is 65.8 Å². The summed E-state index contributed by atoms with van der Waals surface area (Å²) < 4.78 is 0. The zero-order valence-corrected chi connectivity index (χ0v) is 12.1. The lowest BCUT2D eigenvalue weighted by Gasteiger charge is -2.58. The first-order valence-electron chi connectivity index (χ1n) is 7.39. The standard InChI is InChI=1S/C15H25N3/c1-13(2)7-6-11(17-18-16)12-14(3,4)10-5-8-15(12,13)9-10/h10-12H,5-9H2,1-4H3/t10-,11+,12?,15-/m0/s1. The second-order valence-electron chi connectivity index (χ2n) is 8.09. The molecule has 0 saturated heterocycles. The van der Waals surface area contributed by atoms with E-state index in [9.17, 15) is 0 Å². The van der Waals surface area contributed by atoms with E-state index in [1.165, 1.54) is 25.7 Å². The second-order valence-corrected chi connectivity index (χ2v) is 8.09. The molecule has 0 amide bonds. The molecule has 0 aliphatic heterocycles. The van der Waals surface area contributed by atoms with Crippen LogP contribution in [0.2, 0.25) is 0 Å². The van der Waals surface area contributed by atoms with Gasteiger partial charge in [-0.3, -0.25) is 0 Å². The highest BCUT2D eigenvalue weighted by molar-refractivity contribution is 5.19. The van der Waals surface area contributed by atoms with E-state index in [-0.39, 0.29) is 6.04 Å². The average Bonchev–Trinajstić information content (AvgIpc) is 2.79. The van der Waals surface area contributed by atoms with Gasteiger partial charge in [0.2, 0.25) is 0 Å². The third-order valence-corrected chi connectivity index (χ3v) is 7.00. The Balaban J connectivity index is 2.10.